The molecule has 32 heavy (non-hydrogen) atoms. The summed E-state index contributed by atoms with van der Waals surface area (Å²) in [6.45, 7) is 2.50. The fourth-order valence-electron chi connectivity index (χ4n) is 4.10. The number of halogens is 2. The van der Waals surface area contributed by atoms with Crippen LogP contribution in [0, 0.1) is 5.82 Å². The maximum Gasteiger partial charge on any atom is 0.277 e. The number of aromatic nitrogens is 2. The van der Waals surface area contributed by atoms with Gasteiger partial charge in [0.25, 0.3) is 5.91 Å². The number of fused-ring (bicyclic) bond motifs is 1. The van der Waals surface area contributed by atoms with Crippen molar-refractivity contribution in [2.75, 3.05) is 11.5 Å². The lowest BCUT2D eigenvalue weighted by Gasteiger charge is -2.26. The molecule has 0 unspecified atom stereocenters. The van der Waals surface area contributed by atoms with E-state index in [9.17, 15) is 4.79 Å². The van der Waals surface area contributed by atoms with Crippen LogP contribution in [0.5, 0.6) is 5.75 Å². The first-order valence-electron chi connectivity index (χ1n) is 10.2. The van der Waals surface area contributed by atoms with E-state index in [2.05, 4.69) is 26.1 Å². The third-order valence-corrected chi connectivity index (χ3v) is 6.04. The highest BCUT2D eigenvalue weighted by Gasteiger charge is 2.44. The zero-order chi connectivity index (χ0) is 22.2. The van der Waals surface area contributed by atoms with Crippen LogP contribution in [-0.4, -0.2) is 22.7 Å². The molecule has 4 aromatic rings. The van der Waals surface area contributed by atoms with Gasteiger partial charge in [-0.1, -0.05) is 34.1 Å². The van der Waals surface area contributed by atoms with Gasteiger partial charge in [-0.25, -0.2) is 4.39 Å². The van der Waals surface area contributed by atoms with Gasteiger partial charge in [-0.15, -0.1) is 0 Å². The average Bonchev–Trinajstić information content (AvgIpc) is 3.35. The molecule has 0 saturated carbocycles. The zero-order valence-corrected chi connectivity index (χ0v) is 18.8. The van der Waals surface area contributed by atoms with Crippen LogP contribution in [0.4, 0.5) is 10.1 Å². The molecule has 1 N–H and O–H groups in total. The molecule has 3 aromatic carbocycles. The highest BCUT2D eigenvalue weighted by Crippen LogP contribution is 2.45. The molecule has 0 spiro atoms. The number of amides is 1. The number of aromatic amines is 1. The number of hydrogen-bond acceptors (Lipinski definition) is 3. The van der Waals surface area contributed by atoms with Gasteiger partial charge < -0.3 is 4.74 Å². The summed E-state index contributed by atoms with van der Waals surface area (Å²) in [5.74, 6) is 0.126. The maximum absolute atomic E-state index is 15.0. The van der Waals surface area contributed by atoms with E-state index in [0.717, 1.165) is 15.8 Å². The van der Waals surface area contributed by atoms with Gasteiger partial charge in [-0.2, -0.15) is 5.10 Å². The first-order valence-corrected chi connectivity index (χ1v) is 11.0. The molecule has 0 saturated heterocycles. The van der Waals surface area contributed by atoms with Gasteiger partial charge in [-0.3, -0.25) is 14.8 Å². The van der Waals surface area contributed by atoms with E-state index in [4.69, 9.17) is 4.74 Å². The van der Waals surface area contributed by atoms with E-state index in [1.807, 2.05) is 55.5 Å². The Morgan fingerprint density at radius 3 is 2.47 bits per heavy atom. The molecule has 7 heteroatoms. The molecule has 0 radical (unpaired) electrons. The normalized spacial score (nSPS) is 15.2. The Bertz CT molecular complexity index is 1290. The van der Waals surface area contributed by atoms with Gasteiger partial charge in [0.2, 0.25) is 0 Å². The predicted molar refractivity (Wildman–Crippen MR) is 124 cm³/mol. The average molecular weight is 492 g/mol. The minimum Gasteiger partial charge on any atom is -0.494 e. The molecule has 160 valence electrons. The van der Waals surface area contributed by atoms with Crippen molar-refractivity contribution >= 4 is 27.5 Å². The number of rotatable bonds is 5. The van der Waals surface area contributed by atoms with Crippen LogP contribution in [0.1, 0.15) is 34.6 Å². The van der Waals surface area contributed by atoms with Gasteiger partial charge in [0.1, 0.15) is 17.3 Å². The fraction of sp³-hybridized carbons (Fsp3) is 0.120. The van der Waals surface area contributed by atoms with E-state index in [1.165, 1.54) is 6.07 Å². The Hall–Kier alpha value is -3.45. The number of anilines is 1. The molecule has 1 aliphatic rings. The predicted octanol–water partition coefficient (Wildman–Crippen LogP) is 6.13. The van der Waals surface area contributed by atoms with Crippen LogP contribution in [0.15, 0.2) is 77.3 Å². The first-order chi connectivity index (χ1) is 15.6. The van der Waals surface area contributed by atoms with Crippen LogP contribution >= 0.6 is 15.9 Å². The van der Waals surface area contributed by atoms with Crippen molar-refractivity contribution in [3.8, 4) is 17.0 Å². The monoisotopic (exact) mass is 491 g/mol. The molecule has 1 aromatic heterocycles. The Morgan fingerprint density at radius 1 is 1.06 bits per heavy atom. The highest BCUT2D eigenvalue weighted by atomic mass is 79.9. The summed E-state index contributed by atoms with van der Waals surface area (Å²) in [6, 6.07) is 20.8. The number of carbonyl (C=O) groups excluding carboxylic acids is 1. The van der Waals surface area contributed by atoms with E-state index < -0.39 is 6.04 Å². The second kappa shape index (κ2) is 8.24. The summed E-state index contributed by atoms with van der Waals surface area (Å²) in [5.41, 5.74) is 3.55. The van der Waals surface area contributed by atoms with Crippen LogP contribution in [-0.2, 0) is 0 Å². The van der Waals surface area contributed by atoms with Crippen LogP contribution in [0.2, 0.25) is 0 Å². The summed E-state index contributed by atoms with van der Waals surface area (Å²) in [4.78, 5) is 15.1. The Labute approximate surface area is 193 Å². The Morgan fingerprint density at radius 2 is 1.78 bits per heavy atom. The highest BCUT2D eigenvalue weighted by molar-refractivity contribution is 9.10. The van der Waals surface area contributed by atoms with E-state index in [1.54, 1.807) is 23.1 Å². The van der Waals surface area contributed by atoms with Crippen molar-refractivity contribution in [3.63, 3.8) is 0 Å². The van der Waals surface area contributed by atoms with Gasteiger partial charge in [-0.05, 0) is 61.5 Å². The summed E-state index contributed by atoms with van der Waals surface area (Å²) in [7, 11) is 0. The molecule has 1 amide bonds. The van der Waals surface area contributed by atoms with Crippen molar-refractivity contribution in [3.05, 3.63) is 99.9 Å². The SMILES string of the molecule is CCOc1ccc(-c2n[nH]c3c2[C@@H](c2ccccc2F)N(c2ccc(Br)cc2)C3=O)cc1. The summed E-state index contributed by atoms with van der Waals surface area (Å²) >= 11 is 3.43. The molecular formula is C25H19BrFN3O2. The number of ether oxygens (including phenoxy) is 1. The fourth-order valence-corrected chi connectivity index (χ4v) is 4.37. The Kier molecular flexibility index (Phi) is 5.27. The van der Waals surface area contributed by atoms with Gasteiger partial charge in [0.05, 0.1) is 18.3 Å². The van der Waals surface area contributed by atoms with Crippen molar-refractivity contribution in [1.82, 2.24) is 10.2 Å². The van der Waals surface area contributed by atoms with Gasteiger partial charge in [0, 0.05) is 26.9 Å². The number of nitrogens with zero attached hydrogens (tertiary/aromatic N) is 2. The number of H-pyrrole nitrogens is 1. The van der Waals surface area contributed by atoms with Crippen LogP contribution in [0.25, 0.3) is 11.3 Å². The summed E-state index contributed by atoms with van der Waals surface area (Å²) < 4.78 is 21.4. The van der Waals surface area contributed by atoms with E-state index >= 15 is 4.39 Å². The first kappa shape index (κ1) is 20.5. The molecule has 0 fully saturated rings. The smallest absolute Gasteiger partial charge is 0.277 e. The zero-order valence-electron chi connectivity index (χ0n) is 17.2. The molecule has 1 aliphatic heterocycles. The summed E-state index contributed by atoms with van der Waals surface area (Å²) in [5, 5.41) is 7.34. The van der Waals surface area contributed by atoms with Gasteiger partial charge in [0.15, 0.2) is 0 Å². The summed E-state index contributed by atoms with van der Waals surface area (Å²) in [6.07, 6.45) is 0. The minimum atomic E-state index is -0.653. The number of nitrogens with one attached hydrogen (secondary N) is 1. The molecule has 1 atom stereocenters. The molecule has 5 nitrogen and oxygen atoms in total. The molecule has 0 aliphatic carbocycles. The number of hydrogen-bond donors (Lipinski definition) is 1. The number of benzene rings is 3. The number of carbonyl (C=O) groups is 1. The Balaban J connectivity index is 1.68. The molecule has 0 bridgehead atoms. The van der Waals surface area contributed by atoms with E-state index in [-0.39, 0.29) is 11.7 Å². The molecular weight excluding hydrogens is 473 g/mol. The lowest BCUT2D eigenvalue weighted by Crippen LogP contribution is -2.29. The van der Waals surface area contributed by atoms with Gasteiger partial charge >= 0.3 is 0 Å². The quantitative estimate of drug-likeness (QED) is 0.365. The van der Waals surface area contributed by atoms with Crippen LogP contribution < -0.4 is 9.64 Å². The lowest BCUT2D eigenvalue weighted by molar-refractivity contribution is 0.0988. The second-order valence-electron chi connectivity index (χ2n) is 7.39. The standard InChI is InChI=1S/C25H19BrFN3O2/c1-2-32-18-13-7-15(8-14-18)22-21-23(29-28-22)25(31)30(17-11-9-16(26)10-12-17)24(21)19-5-3-4-6-20(19)27/h3-14,24H,2H2,1H3,(H,28,29)/t24-/m1/s1. The van der Waals surface area contributed by atoms with Crippen LogP contribution in [0.3, 0.4) is 0 Å². The molecule has 2 heterocycles. The van der Waals surface area contributed by atoms with Crippen molar-refractivity contribution in [2.24, 2.45) is 0 Å². The lowest BCUT2D eigenvalue weighted by atomic mass is 9.95. The third kappa shape index (κ3) is 3.39. The largest absolute Gasteiger partial charge is 0.494 e. The van der Waals surface area contributed by atoms with Crippen molar-refractivity contribution in [1.29, 1.82) is 0 Å². The second-order valence-corrected chi connectivity index (χ2v) is 8.31. The third-order valence-electron chi connectivity index (χ3n) is 5.51. The van der Waals surface area contributed by atoms with Crippen molar-refractivity contribution in [2.45, 2.75) is 13.0 Å². The topological polar surface area (TPSA) is 58.2 Å². The molecule has 5 rings (SSSR count). The minimum absolute atomic E-state index is 0.250. The van der Waals surface area contributed by atoms with E-state index in [0.29, 0.717) is 34.8 Å². The maximum atomic E-state index is 15.0. The van der Waals surface area contributed by atoms with Crippen molar-refractivity contribution < 1.29 is 13.9 Å².